The van der Waals surface area contributed by atoms with Gasteiger partial charge in [0, 0.05) is 26.2 Å². The second-order valence-electron chi connectivity index (χ2n) is 4.72. The zero-order valence-electron chi connectivity index (χ0n) is 11.0. The van der Waals surface area contributed by atoms with Gasteiger partial charge in [0.25, 0.3) is 0 Å². The highest BCUT2D eigenvalue weighted by molar-refractivity contribution is 5.80. The molecular weight excluding hydrogens is 238 g/mol. The molecule has 1 aromatic heterocycles. The number of para-hydroxylation sites is 2. The highest BCUT2D eigenvalue weighted by Gasteiger charge is 2.03. The van der Waals surface area contributed by atoms with Crippen molar-refractivity contribution >= 4 is 17.0 Å². The molecule has 2 aromatic rings. The first-order valence-corrected chi connectivity index (χ1v) is 6.85. The predicted octanol–water partition coefficient (Wildman–Crippen LogP) is 1.37. The SMILES string of the molecule is c1ccc2c(c1)ncn2CCCNC1=NCCCN1. The van der Waals surface area contributed by atoms with Crippen LogP contribution in [0.25, 0.3) is 11.0 Å². The number of aromatic nitrogens is 2. The smallest absolute Gasteiger partial charge is 0.191 e. The highest BCUT2D eigenvalue weighted by atomic mass is 15.2. The molecule has 0 unspecified atom stereocenters. The van der Waals surface area contributed by atoms with E-state index < -0.39 is 0 Å². The van der Waals surface area contributed by atoms with Crippen molar-refractivity contribution in [3.63, 3.8) is 0 Å². The van der Waals surface area contributed by atoms with E-state index in [-0.39, 0.29) is 0 Å². The van der Waals surface area contributed by atoms with Crippen LogP contribution in [0.2, 0.25) is 0 Å². The van der Waals surface area contributed by atoms with Gasteiger partial charge in [0.1, 0.15) is 0 Å². The third-order valence-corrected chi connectivity index (χ3v) is 3.29. The van der Waals surface area contributed by atoms with Crippen molar-refractivity contribution in [3.8, 4) is 0 Å². The van der Waals surface area contributed by atoms with E-state index in [1.54, 1.807) is 0 Å². The molecule has 5 nitrogen and oxygen atoms in total. The normalized spacial score (nSPS) is 15.1. The maximum atomic E-state index is 4.39. The van der Waals surface area contributed by atoms with Crippen LogP contribution in [0.4, 0.5) is 0 Å². The number of aryl methyl sites for hydroxylation is 1. The molecule has 1 aliphatic heterocycles. The van der Waals surface area contributed by atoms with Gasteiger partial charge in [-0.25, -0.2) is 4.98 Å². The lowest BCUT2D eigenvalue weighted by molar-refractivity contribution is 0.627. The van der Waals surface area contributed by atoms with Gasteiger partial charge in [0.05, 0.1) is 17.4 Å². The Morgan fingerprint density at radius 2 is 2.26 bits per heavy atom. The van der Waals surface area contributed by atoms with E-state index in [1.165, 1.54) is 5.52 Å². The summed E-state index contributed by atoms with van der Waals surface area (Å²) in [4.78, 5) is 8.78. The minimum absolute atomic E-state index is 0.929. The summed E-state index contributed by atoms with van der Waals surface area (Å²) in [5, 5.41) is 6.60. The fourth-order valence-electron chi connectivity index (χ4n) is 2.30. The summed E-state index contributed by atoms with van der Waals surface area (Å²) in [5.41, 5.74) is 2.27. The first-order valence-electron chi connectivity index (χ1n) is 6.85. The summed E-state index contributed by atoms with van der Waals surface area (Å²) >= 11 is 0. The molecule has 0 radical (unpaired) electrons. The van der Waals surface area contributed by atoms with Crippen LogP contribution < -0.4 is 10.6 Å². The van der Waals surface area contributed by atoms with Gasteiger partial charge in [-0.15, -0.1) is 0 Å². The third kappa shape index (κ3) is 2.86. The van der Waals surface area contributed by atoms with Crippen LogP contribution in [0.15, 0.2) is 35.6 Å². The fraction of sp³-hybridized carbons (Fsp3) is 0.429. The molecule has 2 N–H and O–H groups in total. The van der Waals surface area contributed by atoms with Crippen LogP contribution in [0.1, 0.15) is 12.8 Å². The van der Waals surface area contributed by atoms with E-state index >= 15 is 0 Å². The molecule has 0 bridgehead atoms. The van der Waals surface area contributed by atoms with Crippen LogP contribution in [0, 0.1) is 0 Å². The van der Waals surface area contributed by atoms with Gasteiger partial charge in [0.15, 0.2) is 5.96 Å². The summed E-state index contributed by atoms with van der Waals surface area (Å²) in [7, 11) is 0. The maximum Gasteiger partial charge on any atom is 0.191 e. The quantitative estimate of drug-likeness (QED) is 0.813. The molecule has 2 heterocycles. The molecule has 19 heavy (non-hydrogen) atoms. The zero-order valence-corrected chi connectivity index (χ0v) is 11.0. The van der Waals surface area contributed by atoms with Gasteiger partial charge in [0.2, 0.25) is 0 Å². The van der Waals surface area contributed by atoms with Crippen molar-refractivity contribution in [2.45, 2.75) is 19.4 Å². The lowest BCUT2D eigenvalue weighted by Gasteiger charge is -2.15. The molecule has 0 amide bonds. The number of aliphatic imine (C=N–C) groups is 1. The third-order valence-electron chi connectivity index (χ3n) is 3.29. The van der Waals surface area contributed by atoms with E-state index in [4.69, 9.17) is 0 Å². The molecule has 1 aromatic carbocycles. The Balaban J connectivity index is 1.51. The van der Waals surface area contributed by atoms with Crippen LogP contribution in [0.3, 0.4) is 0 Å². The number of hydrogen-bond donors (Lipinski definition) is 2. The molecule has 100 valence electrons. The number of fused-ring (bicyclic) bond motifs is 1. The van der Waals surface area contributed by atoms with Crippen molar-refractivity contribution in [1.29, 1.82) is 0 Å². The van der Waals surface area contributed by atoms with Gasteiger partial charge in [-0.05, 0) is 25.0 Å². The Morgan fingerprint density at radius 3 is 3.16 bits per heavy atom. The first-order chi connectivity index (χ1) is 9.43. The Hall–Kier alpha value is -2.04. The minimum atomic E-state index is 0.929. The lowest BCUT2D eigenvalue weighted by atomic mass is 10.3. The molecule has 3 rings (SSSR count). The summed E-state index contributed by atoms with van der Waals surface area (Å²) < 4.78 is 2.20. The lowest BCUT2D eigenvalue weighted by Crippen LogP contribution is -2.41. The van der Waals surface area contributed by atoms with Crippen molar-refractivity contribution < 1.29 is 0 Å². The van der Waals surface area contributed by atoms with Crippen molar-refractivity contribution in [3.05, 3.63) is 30.6 Å². The van der Waals surface area contributed by atoms with Crippen molar-refractivity contribution in [1.82, 2.24) is 20.2 Å². The molecule has 1 aliphatic rings. The molecule has 5 heteroatoms. The zero-order chi connectivity index (χ0) is 12.9. The summed E-state index contributed by atoms with van der Waals surface area (Å²) in [6, 6.07) is 8.24. The Kier molecular flexibility index (Phi) is 3.63. The second-order valence-corrected chi connectivity index (χ2v) is 4.72. The van der Waals surface area contributed by atoms with Crippen molar-refractivity contribution in [2.24, 2.45) is 4.99 Å². The molecule has 0 spiro atoms. The number of rotatable bonds is 4. The van der Waals surface area contributed by atoms with Crippen molar-refractivity contribution in [2.75, 3.05) is 19.6 Å². The molecule has 0 saturated heterocycles. The fourth-order valence-corrected chi connectivity index (χ4v) is 2.30. The van der Waals surface area contributed by atoms with Gasteiger partial charge in [-0.1, -0.05) is 12.1 Å². The number of benzene rings is 1. The molecule has 0 saturated carbocycles. The summed E-state index contributed by atoms with van der Waals surface area (Å²) in [6.07, 6.45) is 4.11. The standard InChI is InChI=1S/C14H19N5/c1-2-6-13-12(5-1)18-11-19(13)10-4-9-17-14-15-7-3-8-16-14/h1-2,5-6,11H,3-4,7-10H2,(H2,15,16,17). The largest absolute Gasteiger partial charge is 0.356 e. The topological polar surface area (TPSA) is 54.2 Å². The summed E-state index contributed by atoms with van der Waals surface area (Å²) in [6.45, 7) is 3.86. The molecule has 0 fully saturated rings. The van der Waals surface area contributed by atoms with E-state index in [0.29, 0.717) is 0 Å². The van der Waals surface area contributed by atoms with Crippen LogP contribution in [0.5, 0.6) is 0 Å². The molecule has 0 atom stereocenters. The van der Waals surface area contributed by atoms with Gasteiger partial charge in [-0.3, -0.25) is 4.99 Å². The summed E-state index contributed by atoms with van der Waals surface area (Å²) in [5.74, 6) is 0.946. The van der Waals surface area contributed by atoms with Gasteiger partial charge >= 0.3 is 0 Å². The van der Waals surface area contributed by atoms with Gasteiger partial charge in [-0.2, -0.15) is 0 Å². The molecule has 0 aliphatic carbocycles. The number of nitrogens with one attached hydrogen (secondary N) is 2. The second kappa shape index (κ2) is 5.73. The average Bonchev–Trinajstić information content (AvgIpc) is 2.88. The van der Waals surface area contributed by atoms with E-state index in [2.05, 4.69) is 37.3 Å². The van der Waals surface area contributed by atoms with Gasteiger partial charge < -0.3 is 15.2 Å². The number of nitrogens with zero attached hydrogens (tertiary/aromatic N) is 3. The first kappa shape index (κ1) is 12.0. The Labute approximate surface area is 112 Å². The average molecular weight is 257 g/mol. The number of imidazole rings is 1. The predicted molar refractivity (Wildman–Crippen MR) is 77.3 cm³/mol. The van der Waals surface area contributed by atoms with E-state index in [0.717, 1.165) is 50.5 Å². The Morgan fingerprint density at radius 1 is 1.32 bits per heavy atom. The highest BCUT2D eigenvalue weighted by Crippen LogP contribution is 2.11. The van der Waals surface area contributed by atoms with E-state index in [9.17, 15) is 0 Å². The molecular formula is C14H19N5. The van der Waals surface area contributed by atoms with E-state index in [1.807, 2.05) is 18.5 Å². The maximum absolute atomic E-state index is 4.39. The number of hydrogen-bond acceptors (Lipinski definition) is 4. The van der Waals surface area contributed by atoms with Crippen LogP contribution >= 0.6 is 0 Å². The Bertz CT molecular complexity index is 572. The minimum Gasteiger partial charge on any atom is -0.356 e. The van der Waals surface area contributed by atoms with Crippen LogP contribution in [-0.4, -0.2) is 35.1 Å². The monoisotopic (exact) mass is 257 g/mol. The number of guanidine groups is 1. The van der Waals surface area contributed by atoms with Crippen LogP contribution in [-0.2, 0) is 6.54 Å².